The van der Waals surface area contributed by atoms with Crippen LogP contribution in [0.5, 0.6) is 0 Å². The number of nitrogens with zero attached hydrogens (tertiary/aromatic N) is 2. The summed E-state index contributed by atoms with van der Waals surface area (Å²) in [7, 11) is 1.82. The van der Waals surface area contributed by atoms with Crippen LogP contribution < -0.4 is 10.2 Å². The van der Waals surface area contributed by atoms with E-state index in [1.54, 1.807) is 18.7 Å². The average molecular weight is 321 g/mol. The Bertz CT molecular complexity index is 492. The lowest BCUT2D eigenvalue weighted by Gasteiger charge is -2.27. The van der Waals surface area contributed by atoms with E-state index in [4.69, 9.17) is 0 Å². The summed E-state index contributed by atoms with van der Waals surface area (Å²) in [5.74, 6) is -0.0827. The number of hydrogen-bond donors (Lipinski definition) is 2. The number of amides is 1. The average Bonchev–Trinajstić information content (AvgIpc) is 2.38. The van der Waals surface area contributed by atoms with Crippen molar-refractivity contribution < 1.29 is 9.90 Å². The van der Waals surface area contributed by atoms with E-state index in [1.807, 2.05) is 31.3 Å². The van der Waals surface area contributed by atoms with E-state index in [9.17, 15) is 9.90 Å². The summed E-state index contributed by atoms with van der Waals surface area (Å²) < 4.78 is 0. The predicted molar refractivity (Wildman–Crippen MR) is 97.0 cm³/mol. The quantitative estimate of drug-likeness (QED) is 0.773. The molecule has 5 nitrogen and oxygen atoms in total. The maximum Gasteiger partial charge on any atom is 0.238 e. The molecule has 0 atom stereocenters. The maximum atomic E-state index is 12.0. The third kappa shape index (κ3) is 7.01. The Hall–Kier alpha value is -1.59. The molecule has 0 spiro atoms. The van der Waals surface area contributed by atoms with Crippen LogP contribution in [0.1, 0.15) is 34.6 Å². The molecule has 1 amide bonds. The first-order valence-electron chi connectivity index (χ1n) is 8.20. The van der Waals surface area contributed by atoms with Gasteiger partial charge in [0.05, 0.1) is 12.1 Å². The molecule has 0 saturated carbocycles. The molecule has 0 radical (unpaired) electrons. The van der Waals surface area contributed by atoms with Crippen LogP contribution in [0.15, 0.2) is 24.3 Å². The van der Waals surface area contributed by atoms with Gasteiger partial charge in [0.25, 0.3) is 0 Å². The molecule has 0 bridgehead atoms. The maximum absolute atomic E-state index is 12.0. The number of anilines is 2. The number of carbonyl (C=O) groups is 1. The minimum atomic E-state index is -0.808. The first-order valence-corrected chi connectivity index (χ1v) is 8.20. The minimum Gasteiger partial charge on any atom is -0.389 e. The Morgan fingerprint density at radius 2 is 1.83 bits per heavy atom. The van der Waals surface area contributed by atoms with Crippen LogP contribution in [-0.2, 0) is 4.79 Å². The lowest BCUT2D eigenvalue weighted by atomic mass is 10.1. The normalized spacial score (nSPS) is 11.9. The van der Waals surface area contributed by atoms with Gasteiger partial charge in [0.15, 0.2) is 0 Å². The SMILES string of the molecule is CCN(c1ccc(NC(=O)CN(C)CC(C)(C)O)cc1)C(C)C. The second-order valence-electron chi connectivity index (χ2n) is 6.96. The summed E-state index contributed by atoms with van der Waals surface area (Å²) in [6, 6.07) is 8.35. The number of rotatable bonds is 8. The number of likely N-dealkylation sites (N-methyl/N-ethyl adjacent to an activating group) is 1. The summed E-state index contributed by atoms with van der Waals surface area (Å²) in [5.41, 5.74) is 1.13. The molecule has 0 unspecified atom stereocenters. The van der Waals surface area contributed by atoms with Crippen molar-refractivity contribution in [2.45, 2.75) is 46.3 Å². The highest BCUT2D eigenvalue weighted by molar-refractivity contribution is 5.92. The van der Waals surface area contributed by atoms with Gasteiger partial charge in [0.1, 0.15) is 0 Å². The molecule has 23 heavy (non-hydrogen) atoms. The molecule has 0 aliphatic rings. The van der Waals surface area contributed by atoms with Gasteiger partial charge in [-0.15, -0.1) is 0 Å². The number of benzene rings is 1. The number of carbonyl (C=O) groups excluding carboxylic acids is 1. The van der Waals surface area contributed by atoms with Crippen molar-refractivity contribution >= 4 is 17.3 Å². The lowest BCUT2D eigenvalue weighted by Crippen LogP contribution is -2.40. The molecular weight excluding hydrogens is 290 g/mol. The Kier molecular flexibility index (Phi) is 7.03. The Morgan fingerprint density at radius 1 is 1.26 bits per heavy atom. The van der Waals surface area contributed by atoms with Crippen LogP contribution in [-0.4, -0.2) is 54.2 Å². The molecule has 0 fully saturated rings. The highest BCUT2D eigenvalue weighted by Gasteiger charge is 2.17. The van der Waals surface area contributed by atoms with E-state index in [-0.39, 0.29) is 12.5 Å². The van der Waals surface area contributed by atoms with E-state index < -0.39 is 5.60 Å². The summed E-state index contributed by atoms with van der Waals surface area (Å²) in [6.45, 7) is 11.6. The molecule has 1 aromatic carbocycles. The minimum absolute atomic E-state index is 0.0827. The number of nitrogens with one attached hydrogen (secondary N) is 1. The van der Waals surface area contributed by atoms with E-state index in [0.717, 1.165) is 17.9 Å². The van der Waals surface area contributed by atoms with Gasteiger partial charge in [0.2, 0.25) is 5.91 Å². The standard InChI is InChI=1S/C18H31N3O2/c1-7-21(14(2)3)16-10-8-15(9-11-16)19-17(22)12-20(6)13-18(4,5)23/h8-11,14,23H,7,12-13H2,1-6H3,(H,19,22). The Morgan fingerprint density at radius 3 is 2.26 bits per heavy atom. The molecular formula is C18H31N3O2. The first-order chi connectivity index (χ1) is 10.6. The van der Waals surface area contributed by atoms with Gasteiger partial charge in [-0.05, 0) is 65.9 Å². The van der Waals surface area contributed by atoms with E-state index >= 15 is 0 Å². The molecule has 0 aliphatic heterocycles. The second-order valence-corrected chi connectivity index (χ2v) is 6.96. The zero-order valence-corrected chi connectivity index (χ0v) is 15.3. The van der Waals surface area contributed by atoms with Gasteiger partial charge in [-0.2, -0.15) is 0 Å². The highest BCUT2D eigenvalue weighted by Crippen LogP contribution is 2.19. The third-order valence-corrected chi connectivity index (χ3v) is 3.52. The number of hydrogen-bond acceptors (Lipinski definition) is 4. The van der Waals surface area contributed by atoms with E-state index in [1.165, 1.54) is 0 Å². The second kappa shape index (κ2) is 8.31. The van der Waals surface area contributed by atoms with E-state index in [0.29, 0.717) is 12.6 Å². The first kappa shape index (κ1) is 19.5. The zero-order valence-electron chi connectivity index (χ0n) is 15.3. The van der Waals surface area contributed by atoms with Gasteiger partial charge in [-0.3, -0.25) is 9.69 Å². The summed E-state index contributed by atoms with van der Waals surface area (Å²) >= 11 is 0. The van der Waals surface area contributed by atoms with Gasteiger partial charge < -0.3 is 15.3 Å². The molecule has 2 N–H and O–H groups in total. The van der Waals surface area contributed by atoms with Gasteiger partial charge in [-0.25, -0.2) is 0 Å². The van der Waals surface area contributed by atoms with Crippen LogP contribution in [0, 0.1) is 0 Å². The van der Waals surface area contributed by atoms with Crippen molar-refractivity contribution in [1.82, 2.24) is 4.90 Å². The molecule has 0 saturated heterocycles. The molecule has 5 heteroatoms. The van der Waals surface area contributed by atoms with Crippen molar-refractivity contribution in [2.75, 3.05) is 36.9 Å². The van der Waals surface area contributed by atoms with Crippen LogP contribution >= 0.6 is 0 Å². The van der Waals surface area contributed by atoms with E-state index in [2.05, 4.69) is 31.0 Å². The largest absolute Gasteiger partial charge is 0.389 e. The van der Waals surface area contributed by atoms with Gasteiger partial charge >= 0.3 is 0 Å². The molecule has 1 rings (SSSR count). The molecule has 0 aliphatic carbocycles. The fourth-order valence-electron chi connectivity index (χ4n) is 2.74. The summed E-state index contributed by atoms with van der Waals surface area (Å²) in [6.07, 6.45) is 0. The van der Waals surface area contributed by atoms with Crippen molar-refractivity contribution in [3.05, 3.63) is 24.3 Å². The highest BCUT2D eigenvalue weighted by atomic mass is 16.3. The van der Waals surface area contributed by atoms with Crippen LogP contribution in [0.4, 0.5) is 11.4 Å². The van der Waals surface area contributed by atoms with Crippen LogP contribution in [0.2, 0.25) is 0 Å². The van der Waals surface area contributed by atoms with Crippen molar-refractivity contribution in [3.8, 4) is 0 Å². The molecule has 0 heterocycles. The number of aliphatic hydroxyl groups is 1. The van der Waals surface area contributed by atoms with Gasteiger partial charge in [-0.1, -0.05) is 0 Å². The monoisotopic (exact) mass is 321 g/mol. The lowest BCUT2D eigenvalue weighted by molar-refractivity contribution is -0.117. The fraction of sp³-hybridized carbons (Fsp3) is 0.611. The van der Waals surface area contributed by atoms with Gasteiger partial charge in [0, 0.05) is 30.5 Å². The van der Waals surface area contributed by atoms with Crippen LogP contribution in [0.25, 0.3) is 0 Å². The van der Waals surface area contributed by atoms with Crippen molar-refractivity contribution in [3.63, 3.8) is 0 Å². The molecule has 1 aromatic rings. The topological polar surface area (TPSA) is 55.8 Å². The Balaban J connectivity index is 2.59. The molecule has 130 valence electrons. The smallest absolute Gasteiger partial charge is 0.238 e. The third-order valence-electron chi connectivity index (χ3n) is 3.52. The zero-order chi connectivity index (χ0) is 17.6. The van der Waals surface area contributed by atoms with Crippen LogP contribution in [0.3, 0.4) is 0 Å². The fourth-order valence-corrected chi connectivity index (χ4v) is 2.74. The van der Waals surface area contributed by atoms with Crippen molar-refractivity contribution in [1.29, 1.82) is 0 Å². The summed E-state index contributed by atoms with van der Waals surface area (Å²) in [4.78, 5) is 16.1. The predicted octanol–water partition coefficient (Wildman–Crippen LogP) is 2.56. The summed E-state index contributed by atoms with van der Waals surface area (Å²) in [5, 5.41) is 12.7. The van der Waals surface area contributed by atoms with Crippen molar-refractivity contribution in [2.24, 2.45) is 0 Å². The Labute approximate surface area is 140 Å². The molecule has 0 aromatic heterocycles.